The first kappa shape index (κ1) is 13.3. The summed E-state index contributed by atoms with van der Waals surface area (Å²) < 4.78 is 0. The lowest BCUT2D eigenvalue weighted by atomic mass is 9.75. The molecule has 1 N–H and O–H groups in total. The molecule has 0 amide bonds. The number of rotatable bonds is 4. The Labute approximate surface area is 121 Å². The number of pyridine rings is 1. The Morgan fingerprint density at radius 3 is 2.70 bits per heavy atom. The first-order chi connectivity index (χ1) is 9.70. The number of hydrogen-bond donors (Lipinski definition) is 1. The van der Waals surface area contributed by atoms with Gasteiger partial charge in [0.05, 0.1) is 0 Å². The van der Waals surface area contributed by atoms with Gasteiger partial charge in [0.15, 0.2) is 0 Å². The van der Waals surface area contributed by atoms with Crippen LogP contribution >= 0.6 is 0 Å². The SMILES string of the molecule is Cc1cccc(C2CC(NCc3ccc(C)nc3)C2)c1. The summed E-state index contributed by atoms with van der Waals surface area (Å²) in [5.74, 6) is 0.739. The summed E-state index contributed by atoms with van der Waals surface area (Å²) in [5, 5.41) is 3.63. The maximum absolute atomic E-state index is 4.33. The van der Waals surface area contributed by atoms with Gasteiger partial charge in [0, 0.05) is 24.5 Å². The molecule has 1 aliphatic carbocycles. The normalized spacial score (nSPS) is 21.5. The second-order valence-electron chi connectivity index (χ2n) is 5.97. The van der Waals surface area contributed by atoms with Crippen molar-refractivity contribution in [3.05, 3.63) is 65.0 Å². The maximum Gasteiger partial charge on any atom is 0.0372 e. The van der Waals surface area contributed by atoms with Crippen molar-refractivity contribution in [1.29, 1.82) is 0 Å². The van der Waals surface area contributed by atoms with E-state index in [2.05, 4.69) is 53.6 Å². The molecule has 1 fully saturated rings. The third kappa shape index (κ3) is 3.07. The Morgan fingerprint density at radius 2 is 2.00 bits per heavy atom. The molecule has 0 atom stereocenters. The van der Waals surface area contributed by atoms with E-state index in [1.165, 1.54) is 29.5 Å². The average Bonchev–Trinajstić information content (AvgIpc) is 2.39. The molecule has 3 rings (SSSR count). The van der Waals surface area contributed by atoms with E-state index in [1.807, 2.05) is 13.1 Å². The predicted molar refractivity (Wildman–Crippen MR) is 82.8 cm³/mol. The average molecular weight is 266 g/mol. The van der Waals surface area contributed by atoms with Crippen molar-refractivity contribution in [1.82, 2.24) is 10.3 Å². The minimum atomic E-state index is 0.654. The molecule has 20 heavy (non-hydrogen) atoms. The van der Waals surface area contributed by atoms with Gasteiger partial charge in [-0.1, -0.05) is 35.9 Å². The summed E-state index contributed by atoms with van der Waals surface area (Å²) >= 11 is 0. The van der Waals surface area contributed by atoms with Crippen LogP contribution in [0, 0.1) is 13.8 Å². The molecule has 0 saturated heterocycles. The van der Waals surface area contributed by atoms with Crippen LogP contribution in [0.5, 0.6) is 0 Å². The summed E-state index contributed by atoms with van der Waals surface area (Å²) in [6.45, 7) is 5.12. The van der Waals surface area contributed by atoms with E-state index < -0.39 is 0 Å². The van der Waals surface area contributed by atoms with Crippen LogP contribution in [0.2, 0.25) is 0 Å². The van der Waals surface area contributed by atoms with Crippen LogP contribution in [0.4, 0.5) is 0 Å². The highest BCUT2D eigenvalue weighted by Crippen LogP contribution is 2.37. The summed E-state index contributed by atoms with van der Waals surface area (Å²) in [5.41, 5.74) is 5.22. The van der Waals surface area contributed by atoms with Gasteiger partial charge < -0.3 is 5.32 Å². The fourth-order valence-corrected chi connectivity index (χ4v) is 2.85. The highest BCUT2D eigenvalue weighted by atomic mass is 14.9. The van der Waals surface area contributed by atoms with Gasteiger partial charge in [-0.15, -0.1) is 0 Å². The largest absolute Gasteiger partial charge is 0.310 e. The Balaban J connectivity index is 1.48. The number of aromatic nitrogens is 1. The lowest BCUT2D eigenvalue weighted by Crippen LogP contribution is -2.39. The molecule has 0 aliphatic heterocycles. The van der Waals surface area contributed by atoms with Gasteiger partial charge in [-0.05, 0) is 49.8 Å². The van der Waals surface area contributed by atoms with Crippen molar-refractivity contribution in [3.8, 4) is 0 Å². The third-order valence-electron chi connectivity index (χ3n) is 4.22. The van der Waals surface area contributed by atoms with Gasteiger partial charge in [0.1, 0.15) is 0 Å². The molecule has 2 heteroatoms. The summed E-state index contributed by atoms with van der Waals surface area (Å²) in [7, 11) is 0. The van der Waals surface area contributed by atoms with E-state index in [-0.39, 0.29) is 0 Å². The lowest BCUT2D eigenvalue weighted by molar-refractivity contribution is 0.289. The van der Waals surface area contributed by atoms with Crippen molar-refractivity contribution in [2.24, 2.45) is 0 Å². The summed E-state index contributed by atoms with van der Waals surface area (Å²) in [4.78, 5) is 4.33. The van der Waals surface area contributed by atoms with Crippen molar-refractivity contribution in [2.75, 3.05) is 0 Å². The highest BCUT2D eigenvalue weighted by molar-refractivity contribution is 5.27. The number of benzene rings is 1. The van der Waals surface area contributed by atoms with Crippen LogP contribution in [0.15, 0.2) is 42.6 Å². The van der Waals surface area contributed by atoms with Crippen molar-refractivity contribution in [2.45, 2.75) is 45.2 Å². The lowest BCUT2D eigenvalue weighted by Gasteiger charge is -2.36. The quantitative estimate of drug-likeness (QED) is 0.912. The molecule has 1 aliphatic rings. The fraction of sp³-hybridized carbons (Fsp3) is 0.389. The molecule has 1 aromatic heterocycles. The van der Waals surface area contributed by atoms with Crippen molar-refractivity contribution in [3.63, 3.8) is 0 Å². The van der Waals surface area contributed by atoms with Crippen LogP contribution in [0.3, 0.4) is 0 Å². The molecule has 0 radical (unpaired) electrons. The minimum absolute atomic E-state index is 0.654. The van der Waals surface area contributed by atoms with Gasteiger partial charge in [0.2, 0.25) is 0 Å². The van der Waals surface area contributed by atoms with Crippen LogP contribution in [0.25, 0.3) is 0 Å². The Hall–Kier alpha value is -1.67. The Bertz CT molecular complexity index is 568. The molecule has 0 unspecified atom stereocenters. The zero-order valence-electron chi connectivity index (χ0n) is 12.3. The van der Waals surface area contributed by atoms with E-state index in [1.54, 1.807) is 0 Å². The predicted octanol–water partition coefficient (Wildman–Crippen LogP) is 3.73. The first-order valence-electron chi connectivity index (χ1n) is 7.42. The zero-order valence-corrected chi connectivity index (χ0v) is 12.3. The second-order valence-corrected chi connectivity index (χ2v) is 5.97. The second kappa shape index (κ2) is 5.76. The van der Waals surface area contributed by atoms with Crippen molar-refractivity contribution >= 4 is 0 Å². The van der Waals surface area contributed by atoms with E-state index in [0.29, 0.717) is 6.04 Å². The van der Waals surface area contributed by atoms with Gasteiger partial charge in [-0.3, -0.25) is 4.98 Å². The molecular formula is C18H22N2. The number of nitrogens with one attached hydrogen (secondary N) is 1. The monoisotopic (exact) mass is 266 g/mol. The van der Waals surface area contributed by atoms with Gasteiger partial charge in [-0.25, -0.2) is 0 Å². The van der Waals surface area contributed by atoms with E-state index in [0.717, 1.165) is 18.2 Å². The molecule has 104 valence electrons. The van der Waals surface area contributed by atoms with Gasteiger partial charge >= 0.3 is 0 Å². The fourth-order valence-electron chi connectivity index (χ4n) is 2.85. The topological polar surface area (TPSA) is 24.9 Å². The maximum atomic E-state index is 4.33. The van der Waals surface area contributed by atoms with Crippen LogP contribution in [0.1, 0.15) is 41.1 Å². The molecule has 2 aromatic rings. The highest BCUT2D eigenvalue weighted by Gasteiger charge is 2.29. The molecule has 0 spiro atoms. The molecule has 1 saturated carbocycles. The zero-order chi connectivity index (χ0) is 13.9. The molecule has 1 heterocycles. The standard InChI is InChI=1S/C18H22N2/c1-13-4-3-5-16(8-13)17-9-18(10-17)20-12-15-7-6-14(2)19-11-15/h3-8,11,17-18,20H,9-10,12H2,1-2H3. The summed E-state index contributed by atoms with van der Waals surface area (Å²) in [6.07, 6.45) is 4.48. The Morgan fingerprint density at radius 1 is 1.15 bits per heavy atom. The van der Waals surface area contributed by atoms with Gasteiger partial charge in [-0.2, -0.15) is 0 Å². The molecule has 2 nitrogen and oxygen atoms in total. The number of nitrogens with zero attached hydrogens (tertiary/aromatic N) is 1. The molecule has 1 aromatic carbocycles. The number of hydrogen-bond acceptors (Lipinski definition) is 2. The van der Waals surface area contributed by atoms with E-state index in [4.69, 9.17) is 0 Å². The van der Waals surface area contributed by atoms with E-state index >= 15 is 0 Å². The number of aryl methyl sites for hydroxylation is 2. The molecule has 0 bridgehead atoms. The van der Waals surface area contributed by atoms with Crippen molar-refractivity contribution < 1.29 is 0 Å². The van der Waals surface area contributed by atoms with Crippen LogP contribution in [-0.2, 0) is 6.54 Å². The van der Waals surface area contributed by atoms with Crippen LogP contribution < -0.4 is 5.32 Å². The smallest absolute Gasteiger partial charge is 0.0372 e. The third-order valence-corrected chi connectivity index (χ3v) is 4.22. The molecular weight excluding hydrogens is 244 g/mol. The van der Waals surface area contributed by atoms with Crippen LogP contribution in [-0.4, -0.2) is 11.0 Å². The Kier molecular flexibility index (Phi) is 3.83. The first-order valence-corrected chi connectivity index (χ1v) is 7.42. The van der Waals surface area contributed by atoms with E-state index in [9.17, 15) is 0 Å². The van der Waals surface area contributed by atoms with Gasteiger partial charge in [0.25, 0.3) is 0 Å². The minimum Gasteiger partial charge on any atom is -0.310 e. The summed E-state index contributed by atoms with van der Waals surface area (Å²) in [6, 6.07) is 13.8.